The number of aromatic nitrogens is 2. The van der Waals surface area contributed by atoms with Gasteiger partial charge in [0.2, 0.25) is 10.0 Å². The Hall–Kier alpha value is -2.38. The van der Waals surface area contributed by atoms with E-state index in [1.54, 1.807) is 6.07 Å². The van der Waals surface area contributed by atoms with Crippen molar-refractivity contribution >= 4 is 21.1 Å². The molecule has 0 aliphatic rings. The third kappa shape index (κ3) is 3.35. The Morgan fingerprint density at radius 2 is 1.61 bits per heavy atom. The standard InChI is InChI=1S/C16H17N3O3S/c1-2-11-3-5-12(6-4-11)10-17-23(21,22)13-7-8-14-15(9-13)19-16(20)18-14/h3-9,17H,2,10H2,1H3,(H2,18,19,20). The highest BCUT2D eigenvalue weighted by atomic mass is 32.2. The molecule has 3 aromatic rings. The summed E-state index contributed by atoms with van der Waals surface area (Å²) in [5.41, 5.74) is 2.77. The van der Waals surface area contributed by atoms with E-state index in [2.05, 4.69) is 21.6 Å². The molecular formula is C16H17N3O3S. The lowest BCUT2D eigenvalue weighted by atomic mass is 10.1. The highest BCUT2D eigenvalue weighted by Gasteiger charge is 2.15. The molecule has 2 aromatic carbocycles. The molecule has 0 unspecified atom stereocenters. The van der Waals surface area contributed by atoms with Crippen molar-refractivity contribution in [3.63, 3.8) is 0 Å². The molecule has 0 spiro atoms. The summed E-state index contributed by atoms with van der Waals surface area (Å²) in [6.07, 6.45) is 0.945. The van der Waals surface area contributed by atoms with Gasteiger partial charge in [0.25, 0.3) is 0 Å². The normalized spacial score (nSPS) is 11.9. The zero-order valence-corrected chi connectivity index (χ0v) is 13.4. The Labute approximate surface area is 133 Å². The van der Waals surface area contributed by atoms with Crippen LogP contribution in [0.1, 0.15) is 18.1 Å². The number of aromatic amines is 2. The van der Waals surface area contributed by atoms with Crippen molar-refractivity contribution in [3.05, 3.63) is 64.1 Å². The number of nitrogens with one attached hydrogen (secondary N) is 3. The first-order valence-electron chi connectivity index (χ1n) is 7.27. The number of benzene rings is 2. The maximum atomic E-state index is 12.4. The fourth-order valence-corrected chi connectivity index (χ4v) is 3.38. The molecule has 0 aliphatic heterocycles. The lowest BCUT2D eigenvalue weighted by Crippen LogP contribution is -2.23. The number of H-pyrrole nitrogens is 2. The fourth-order valence-electron chi connectivity index (χ4n) is 2.33. The molecule has 0 fully saturated rings. The van der Waals surface area contributed by atoms with Crippen LogP contribution < -0.4 is 10.4 Å². The number of hydrogen-bond donors (Lipinski definition) is 3. The molecule has 23 heavy (non-hydrogen) atoms. The lowest BCUT2D eigenvalue weighted by Gasteiger charge is -2.07. The minimum absolute atomic E-state index is 0.116. The van der Waals surface area contributed by atoms with Gasteiger partial charge in [-0.25, -0.2) is 17.9 Å². The molecule has 7 heteroatoms. The molecule has 0 radical (unpaired) electrons. The maximum absolute atomic E-state index is 12.4. The molecule has 0 amide bonds. The minimum Gasteiger partial charge on any atom is -0.306 e. The molecule has 0 bridgehead atoms. The van der Waals surface area contributed by atoms with E-state index in [-0.39, 0.29) is 17.1 Å². The summed E-state index contributed by atoms with van der Waals surface area (Å²) in [7, 11) is -3.64. The summed E-state index contributed by atoms with van der Waals surface area (Å²) in [6.45, 7) is 2.28. The van der Waals surface area contributed by atoms with Crippen LogP contribution in [-0.4, -0.2) is 18.4 Å². The van der Waals surface area contributed by atoms with Crippen LogP contribution in [0.3, 0.4) is 0 Å². The first-order valence-corrected chi connectivity index (χ1v) is 8.76. The van der Waals surface area contributed by atoms with E-state index in [1.807, 2.05) is 24.3 Å². The van der Waals surface area contributed by atoms with E-state index in [4.69, 9.17) is 0 Å². The third-order valence-corrected chi connectivity index (χ3v) is 5.09. The largest absolute Gasteiger partial charge is 0.323 e. The van der Waals surface area contributed by atoms with E-state index in [0.29, 0.717) is 11.0 Å². The summed E-state index contributed by atoms with van der Waals surface area (Å²) < 4.78 is 27.3. The van der Waals surface area contributed by atoms with Crippen LogP contribution in [0.25, 0.3) is 11.0 Å². The van der Waals surface area contributed by atoms with E-state index in [0.717, 1.165) is 12.0 Å². The van der Waals surface area contributed by atoms with Gasteiger partial charge < -0.3 is 9.97 Å². The smallest absolute Gasteiger partial charge is 0.306 e. The Bertz CT molecular complexity index is 985. The van der Waals surface area contributed by atoms with Crippen LogP contribution in [0, 0.1) is 0 Å². The molecule has 120 valence electrons. The first kappa shape index (κ1) is 15.5. The molecule has 1 aromatic heterocycles. The highest BCUT2D eigenvalue weighted by molar-refractivity contribution is 7.89. The molecule has 0 saturated carbocycles. The van der Waals surface area contributed by atoms with Crippen molar-refractivity contribution in [1.82, 2.24) is 14.7 Å². The number of hydrogen-bond acceptors (Lipinski definition) is 3. The van der Waals surface area contributed by atoms with E-state index >= 15 is 0 Å². The van der Waals surface area contributed by atoms with Crippen molar-refractivity contribution < 1.29 is 8.42 Å². The van der Waals surface area contributed by atoms with Crippen molar-refractivity contribution in [2.75, 3.05) is 0 Å². The Morgan fingerprint density at radius 1 is 0.957 bits per heavy atom. The summed E-state index contributed by atoms with van der Waals surface area (Å²) in [4.78, 5) is 16.5. The molecule has 1 heterocycles. The second kappa shape index (κ2) is 6.02. The van der Waals surface area contributed by atoms with Gasteiger partial charge in [-0.05, 0) is 35.7 Å². The second-order valence-corrected chi connectivity index (χ2v) is 7.05. The van der Waals surface area contributed by atoms with Gasteiger partial charge in [-0.3, -0.25) is 0 Å². The summed E-state index contributed by atoms with van der Waals surface area (Å²) in [5.74, 6) is 0. The maximum Gasteiger partial charge on any atom is 0.323 e. The lowest BCUT2D eigenvalue weighted by molar-refractivity contribution is 0.581. The predicted octanol–water partition coefficient (Wildman–Crippen LogP) is 1.90. The fraction of sp³-hybridized carbons (Fsp3) is 0.188. The topological polar surface area (TPSA) is 94.8 Å². The second-order valence-electron chi connectivity index (χ2n) is 5.28. The van der Waals surface area contributed by atoms with Crippen LogP contribution in [0.15, 0.2) is 52.2 Å². The van der Waals surface area contributed by atoms with Gasteiger partial charge in [-0.1, -0.05) is 31.2 Å². The SMILES string of the molecule is CCc1ccc(CNS(=O)(=O)c2ccc3[nH]c(=O)[nH]c3c2)cc1. The predicted molar refractivity (Wildman–Crippen MR) is 88.8 cm³/mol. The van der Waals surface area contributed by atoms with Gasteiger partial charge in [-0.2, -0.15) is 0 Å². The van der Waals surface area contributed by atoms with Gasteiger partial charge in [0.05, 0.1) is 15.9 Å². The van der Waals surface area contributed by atoms with E-state index < -0.39 is 10.0 Å². The van der Waals surface area contributed by atoms with Crippen LogP contribution in [0.4, 0.5) is 0 Å². The van der Waals surface area contributed by atoms with Crippen molar-refractivity contribution in [3.8, 4) is 0 Å². The average molecular weight is 331 g/mol. The molecule has 0 aliphatic carbocycles. The zero-order chi connectivity index (χ0) is 16.4. The number of imidazole rings is 1. The third-order valence-electron chi connectivity index (χ3n) is 3.70. The molecule has 6 nitrogen and oxygen atoms in total. The molecule has 3 rings (SSSR count). The van der Waals surface area contributed by atoms with Gasteiger partial charge in [0.1, 0.15) is 0 Å². The first-order chi connectivity index (χ1) is 11.0. The van der Waals surface area contributed by atoms with Gasteiger partial charge in [0, 0.05) is 6.54 Å². The minimum atomic E-state index is -3.64. The van der Waals surface area contributed by atoms with Crippen molar-refractivity contribution in [2.24, 2.45) is 0 Å². The summed E-state index contributed by atoms with van der Waals surface area (Å²) >= 11 is 0. The van der Waals surface area contributed by atoms with E-state index in [1.165, 1.54) is 17.7 Å². The Morgan fingerprint density at radius 3 is 2.30 bits per heavy atom. The van der Waals surface area contributed by atoms with Gasteiger partial charge >= 0.3 is 5.69 Å². The summed E-state index contributed by atoms with van der Waals surface area (Å²) in [6, 6.07) is 12.3. The summed E-state index contributed by atoms with van der Waals surface area (Å²) in [5, 5.41) is 0. The molecular weight excluding hydrogens is 314 g/mol. The van der Waals surface area contributed by atoms with E-state index in [9.17, 15) is 13.2 Å². The Kier molecular flexibility index (Phi) is 4.06. The highest BCUT2D eigenvalue weighted by Crippen LogP contribution is 2.15. The molecule has 3 N–H and O–H groups in total. The number of rotatable bonds is 5. The monoisotopic (exact) mass is 331 g/mol. The number of fused-ring (bicyclic) bond motifs is 1. The van der Waals surface area contributed by atoms with Crippen LogP contribution in [-0.2, 0) is 23.0 Å². The van der Waals surface area contributed by atoms with Gasteiger partial charge in [-0.15, -0.1) is 0 Å². The number of aryl methyl sites for hydroxylation is 1. The molecule has 0 saturated heterocycles. The quantitative estimate of drug-likeness (QED) is 0.666. The van der Waals surface area contributed by atoms with Crippen LogP contribution in [0.2, 0.25) is 0 Å². The number of sulfonamides is 1. The van der Waals surface area contributed by atoms with Crippen LogP contribution in [0.5, 0.6) is 0 Å². The Balaban J connectivity index is 1.80. The average Bonchev–Trinajstić information content (AvgIpc) is 2.92. The molecule has 0 atom stereocenters. The van der Waals surface area contributed by atoms with Crippen molar-refractivity contribution in [2.45, 2.75) is 24.8 Å². The zero-order valence-electron chi connectivity index (χ0n) is 12.6. The van der Waals surface area contributed by atoms with Crippen LogP contribution >= 0.6 is 0 Å². The van der Waals surface area contributed by atoms with Crippen molar-refractivity contribution in [1.29, 1.82) is 0 Å². The van der Waals surface area contributed by atoms with Gasteiger partial charge in [0.15, 0.2) is 0 Å².